The quantitative estimate of drug-likeness (QED) is 0.784. The van der Waals surface area contributed by atoms with Crippen molar-refractivity contribution in [1.82, 2.24) is 19.8 Å². The number of fused-ring (bicyclic) bond motifs is 3. The van der Waals surface area contributed by atoms with Gasteiger partial charge < -0.3 is 4.90 Å². The van der Waals surface area contributed by atoms with Gasteiger partial charge in [-0.2, -0.15) is 5.10 Å². The Kier molecular flexibility index (Phi) is 2.68. The zero-order valence-electron chi connectivity index (χ0n) is 9.46. The highest BCUT2D eigenvalue weighted by Crippen LogP contribution is 2.28. The number of nitrogens with one attached hydrogen (secondary N) is 2. The number of piperidine rings is 3. The summed E-state index contributed by atoms with van der Waals surface area (Å²) in [6.45, 7) is 3.04. The van der Waals surface area contributed by atoms with Gasteiger partial charge in [0.15, 0.2) is 5.03 Å². The lowest BCUT2D eigenvalue weighted by Crippen LogP contribution is -2.57. The molecule has 1 atom stereocenters. The van der Waals surface area contributed by atoms with E-state index in [-0.39, 0.29) is 11.1 Å². The van der Waals surface area contributed by atoms with Crippen LogP contribution in [-0.2, 0) is 10.0 Å². The Morgan fingerprint density at radius 1 is 1.41 bits per heavy atom. The van der Waals surface area contributed by atoms with Gasteiger partial charge in [0.05, 0.1) is 6.20 Å². The van der Waals surface area contributed by atoms with Crippen molar-refractivity contribution in [2.45, 2.75) is 23.9 Å². The molecule has 1 aromatic rings. The van der Waals surface area contributed by atoms with E-state index in [0.29, 0.717) is 5.92 Å². The Bertz CT molecular complexity index is 476. The Morgan fingerprint density at radius 3 is 2.71 bits per heavy atom. The molecule has 0 radical (unpaired) electrons. The van der Waals surface area contributed by atoms with Gasteiger partial charge in [0, 0.05) is 12.6 Å². The summed E-state index contributed by atoms with van der Waals surface area (Å²) in [6, 6.07) is 1.52. The predicted molar refractivity (Wildman–Crippen MR) is 61.9 cm³/mol. The average Bonchev–Trinajstić information content (AvgIpc) is 2.84. The number of rotatable bonds is 3. The minimum atomic E-state index is -3.43. The zero-order valence-corrected chi connectivity index (χ0v) is 10.3. The fraction of sp³-hybridized carbons (Fsp3) is 0.700. The summed E-state index contributed by atoms with van der Waals surface area (Å²) in [5.41, 5.74) is 0. The second-order valence-electron chi connectivity index (χ2n) is 4.79. The first-order chi connectivity index (χ1) is 8.15. The van der Waals surface area contributed by atoms with E-state index >= 15 is 0 Å². The van der Waals surface area contributed by atoms with Gasteiger partial charge in [0.1, 0.15) is 0 Å². The van der Waals surface area contributed by atoms with Crippen LogP contribution >= 0.6 is 0 Å². The van der Waals surface area contributed by atoms with E-state index in [1.54, 1.807) is 0 Å². The van der Waals surface area contributed by atoms with Crippen molar-refractivity contribution in [3.63, 3.8) is 0 Å². The van der Waals surface area contributed by atoms with Crippen LogP contribution in [0.3, 0.4) is 0 Å². The number of aromatic amines is 1. The molecular weight excluding hydrogens is 240 g/mol. The lowest BCUT2D eigenvalue weighted by molar-refractivity contribution is 0.0826. The number of aromatic nitrogens is 2. The first kappa shape index (κ1) is 11.2. The van der Waals surface area contributed by atoms with Crippen LogP contribution in [0.15, 0.2) is 17.3 Å². The molecule has 1 aromatic heterocycles. The first-order valence-corrected chi connectivity index (χ1v) is 7.37. The van der Waals surface area contributed by atoms with Crippen LogP contribution in [0.25, 0.3) is 0 Å². The maximum absolute atomic E-state index is 12.0. The molecule has 3 aliphatic heterocycles. The molecule has 17 heavy (non-hydrogen) atoms. The van der Waals surface area contributed by atoms with Crippen molar-refractivity contribution in [2.24, 2.45) is 5.92 Å². The first-order valence-electron chi connectivity index (χ1n) is 5.89. The summed E-state index contributed by atoms with van der Waals surface area (Å²) < 4.78 is 26.9. The molecule has 2 bridgehead atoms. The van der Waals surface area contributed by atoms with E-state index in [1.807, 2.05) is 0 Å². The third-order valence-electron chi connectivity index (χ3n) is 3.73. The summed E-state index contributed by atoms with van der Waals surface area (Å²) in [6.07, 6.45) is 3.64. The Labute approximate surface area is 100 Å². The van der Waals surface area contributed by atoms with Gasteiger partial charge in [-0.3, -0.25) is 5.10 Å². The molecule has 3 aliphatic rings. The van der Waals surface area contributed by atoms with Crippen LogP contribution in [0.2, 0.25) is 0 Å². The van der Waals surface area contributed by atoms with Crippen molar-refractivity contribution >= 4 is 10.0 Å². The highest BCUT2D eigenvalue weighted by molar-refractivity contribution is 7.89. The second-order valence-corrected chi connectivity index (χ2v) is 6.47. The third kappa shape index (κ3) is 2.10. The van der Waals surface area contributed by atoms with Crippen molar-refractivity contribution in [2.75, 3.05) is 19.6 Å². The van der Waals surface area contributed by atoms with E-state index in [4.69, 9.17) is 0 Å². The molecule has 1 unspecified atom stereocenters. The summed E-state index contributed by atoms with van der Waals surface area (Å²) in [4.78, 5) is 2.32. The fourth-order valence-electron chi connectivity index (χ4n) is 2.75. The molecule has 4 rings (SSSR count). The number of H-pyrrole nitrogens is 1. The minimum absolute atomic E-state index is 0.0470. The van der Waals surface area contributed by atoms with E-state index in [1.165, 1.54) is 12.3 Å². The molecule has 3 saturated heterocycles. The summed E-state index contributed by atoms with van der Waals surface area (Å²) in [7, 11) is -3.43. The van der Waals surface area contributed by atoms with Gasteiger partial charge in [-0.25, -0.2) is 13.1 Å². The van der Waals surface area contributed by atoms with Gasteiger partial charge >= 0.3 is 0 Å². The van der Waals surface area contributed by atoms with Crippen LogP contribution in [-0.4, -0.2) is 49.2 Å². The molecule has 6 nitrogen and oxygen atoms in total. The Morgan fingerprint density at radius 2 is 2.18 bits per heavy atom. The molecule has 0 spiro atoms. The van der Waals surface area contributed by atoms with Crippen LogP contribution in [0, 0.1) is 5.92 Å². The monoisotopic (exact) mass is 256 g/mol. The summed E-state index contributed by atoms with van der Waals surface area (Å²) >= 11 is 0. The van der Waals surface area contributed by atoms with Crippen molar-refractivity contribution < 1.29 is 8.42 Å². The van der Waals surface area contributed by atoms with Gasteiger partial charge in [-0.1, -0.05) is 0 Å². The van der Waals surface area contributed by atoms with E-state index in [0.717, 1.165) is 32.5 Å². The molecule has 0 aromatic carbocycles. The van der Waals surface area contributed by atoms with Crippen molar-refractivity contribution in [3.8, 4) is 0 Å². The molecule has 2 N–H and O–H groups in total. The number of hydrogen-bond donors (Lipinski definition) is 2. The SMILES string of the molecule is O=S(=O)(NC1CN2CCC1CC2)c1ccn[nH]1. The maximum atomic E-state index is 12.0. The molecule has 0 saturated carbocycles. The largest absolute Gasteiger partial charge is 0.302 e. The Hall–Kier alpha value is -0.920. The molecule has 0 aliphatic carbocycles. The average molecular weight is 256 g/mol. The number of nitrogens with zero attached hydrogens (tertiary/aromatic N) is 2. The zero-order chi connectivity index (χ0) is 11.9. The van der Waals surface area contributed by atoms with Crippen LogP contribution in [0.1, 0.15) is 12.8 Å². The highest BCUT2D eigenvalue weighted by atomic mass is 32.2. The van der Waals surface area contributed by atoms with Gasteiger partial charge in [0.2, 0.25) is 0 Å². The summed E-state index contributed by atoms with van der Waals surface area (Å²) in [5.74, 6) is 0.484. The van der Waals surface area contributed by atoms with Crippen LogP contribution in [0.5, 0.6) is 0 Å². The minimum Gasteiger partial charge on any atom is -0.302 e. The van der Waals surface area contributed by atoms with Gasteiger partial charge in [-0.15, -0.1) is 0 Å². The van der Waals surface area contributed by atoms with Crippen molar-refractivity contribution in [3.05, 3.63) is 12.3 Å². The number of hydrogen-bond acceptors (Lipinski definition) is 4. The molecular formula is C10H16N4O2S. The molecule has 3 fully saturated rings. The van der Waals surface area contributed by atoms with Crippen molar-refractivity contribution in [1.29, 1.82) is 0 Å². The third-order valence-corrected chi connectivity index (χ3v) is 5.15. The normalized spacial score (nSPS) is 32.8. The molecule has 0 amide bonds. The van der Waals surface area contributed by atoms with E-state index < -0.39 is 10.0 Å². The molecule has 94 valence electrons. The highest BCUT2D eigenvalue weighted by Gasteiger charge is 2.36. The predicted octanol–water partition coefficient (Wildman–Crippen LogP) is -0.218. The second kappa shape index (κ2) is 4.08. The fourth-order valence-corrected chi connectivity index (χ4v) is 3.96. The van der Waals surface area contributed by atoms with Crippen LogP contribution < -0.4 is 4.72 Å². The smallest absolute Gasteiger partial charge is 0.257 e. The van der Waals surface area contributed by atoms with E-state index in [2.05, 4.69) is 19.8 Å². The van der Waals surface area contributed by atoms with Gasteiger partial charge in [0.25, 0.3) is 10.0 Å². The summed E-state index contributed by atoms with van der Waals surface area (Å²) in [5, 5.41) is 6.32. The molecule has 4 heterocycles. The van der Waals surface area contributed by atoms with Gasteiger partial charge in [-0.05, 0) is 37.9 Å². The lowest BCUT2D eigenvalue weighted by Gasteiger charge is -2.44. The van der Waals surface area contributed by atoms with Crippen LogP contribution in [0.4, 0.5) is 0 Å². The maximum Gasteiger partial charge on any atom is 0.257 e. The molecule has 7 heteroatoms. The topological polar surface area (TPSA) is 78.1 Å². The van der Waals surface area contributed by atoms with E-state index in [9.17, 15) is 8.42 Å². The lowest BCUT2D eigenvalue weighted by atomic mass is 9.85. The Balaban J connectivity index is 1.75. The number of sulfonamides is 1. The standard InChI is InChI=1S/C10H16N4O2S/c15-17(16,10-1-4-11-12-10)13-9-7-14-5-2-8(9)3-6-14/h1,4,8-9,13H,2-3,5-7H2,(H,11,12).